The normalized spacial score (nSPS) is 13.2. The van der Waals surface area contributed by atoms with E-state index in [4.69, 9.17) is 0 Å². The van der Waals surface area contributed by atoms with Crippen LogP contribution in [0.2, 0.25) is 0 Å². The molecule has 1 aliphatic carbocycles. The fraction of sp³-hybridized carbons (Fsp3) is 0.0769. The Morgan fingerprint density at radius 1 is 0.352 bits per heavy atom. The standard InChI is InChI=1S/C52H38N2/c1-33-18-23-46-41(28-33)42-29-34(19-24-47(42)52(46,2)3)36-21-26-50-44(31-36)45-32-37(22-27-51(45)54(50)39-14-8-5-9-15-39)35-20-25-49-43(30-35)40-16-10-11-17-48(40)53(49)38-12-6-4-7-13-38/h4-32H,1-3H3. The van der Waals surface area contributed by atoms with E-state index >= 15 is 0 Å². The van der Waals surface area contributed by atoms with Crippen molar-refractivity contribution in [3.63, 3.8) is 0 Å². The van der Waals surface area contributed by atoms with Crippen LogP contribution in [0.1, 0.15) is 30.5 Å². The lowest BCUT2D eigenvalue weighted by atomic mass is 9.82. The minimum atomic E-state index is -0.0141. The molecule has 0 amide bonds. The number of hydrogen-bond donors (Lipinski definition) is 0. The molecule has 0 saturated carbocycles. The first-order valence-electron chi connectivity index (χ1n) is 18.9. The van der Waals surface area contributed by atoms with E-state index in [1.807, 2.05) is 0 Å². The van der Waals surface area contributed by atoms with Crippen molar-refractivity contribution in [2.75, 3.05) is 0 Å². The van der Waals surface area contributed by atoms with Crippen LogP contribution in [-0.4, -0.2) is 9.13 Å². The van der Waals surface area contributed by atoms with Crippen molar-refractivity contribution >= 4 is 43.6 Å². The van der Waals surface area contributed by atoms with Crippen molar-refractivity contribution < 1.29 is 0 Å². The molecule has 2 heteroatoms. The maximum Gasteiger partial charge on any atom is 0.0541 e. The van der Waals surface area contributed by atoms with E-state index in [1.165, 1.54) is 105 Å². The zero-order valence-electron chi connectivity index (χ0n) is 30.6. The van der Waals surface area contributed by atoms with Gasteiger partial charge in [0.25, 0.3) is 0 Å². The summed E-state index contributed by atoms with van der Waals surface area (Å²) in [6, 6.07) is 65.2. The van der Waals surface area contributed by atoms with Gasteiger partial charge in [-0.3, -0.25) is 0 Å². The number of para-hydroxylation sites is 3. The third kappa shape index (κ3) is 4.47. The number of aromatic nitrogens is 2. The van der Waals surface area contributed by atoms with Gasteiger partial charge in [-0.05, 0) is 124 Å². The topological polar surface area (TPSA) is 9.86 Å². The van der Waals surface area contributed by atoms with Crippen molar-refractivity contribution in [1.29, 1.82) is 0 Å². The second-order valence-electron chi connectivity index (χ2n) is 15.5. The quantitative estimate of drug-likeness (QED) is 0.174. The van der Waals surface area contributed by atoms with Gasteiger partial charge in [-0.2, -0.15) is 0 Å². The molecule has 0 aliphatic heterocycles. The summed E-state index contributed by atoms with van der Waals surface area (Å²) >= 11 is 0. The van der Waals surface area contributed by atoms with E-state index in [1.54, 1.807) is 0 Å². The highest BCUT2D eigenvalue weighted by molar-refractivity contribution is 6.13. The molecule has 0 fully saturated rings. The van der Waals surface area contributed by atoms with Gasteiger partial charge in [0.15, 0.2) is 0 Å². The molecule has 54 heavy (non-hydrogen) atoms. The Labute approximate surface area is 315 Å². The van der Waals surface area contributed by atoms with Crippen LogP contribution in [0.3, 0.4) is 0 Å². The summed E-state index contributed by atoms with van der Waals surface area (Å²) in [6.07, 6.45) is 0. The van der Waals surface area contributed by atoms with Crippen LogP contribution >= 0.6 is 0 Å². The van der Waals surface area contributed by atoms with E-state index in [2.05, 4.69) is 206 Å². The summed E-state index contributed by atoms with van der Waals surface area (Å²) in [5.74, 6) is 0. The molecule has 2 heterocycles. The van der Waals surface area contributed by atoms with E-state index in [9.17, 15) is 0 Å². The molecule has 11 rings (SSSR count). The second kappa shape index (κ2) is 11.4. The van der Waals surface area contributed by atoms with Crippen LogP contribution in [0.25, 0.3) is 88.4 Å². The Balaban J connectivity index is 1.10. The van der Waals surface area contributed by atoms with Crippen molar-refractivity contribution in [2.24, 2.45) is 0 Å². The summed E-state index contributed by atoms with van der Waals surface area (Å²) in [5.41, 5.74) is 18.9. The van der Waals surface area contributed by atoms with Gasteiger partial charge in [0.05, 0.1) is 22.1 Å². The van der Waals surface area contributed by atoms with E-state index in [0.717, 1.165) is 0 Å². The summed E-state index contributed by atoms with van der Waals surface area (Å²) in [4.78, 5) is 0. The molecule has 0 N–H and O–H groups in total. The molecule has 0 saturated heterocycles. The van der Waals surface area contributed by atoms with Gasteiger partial charge in [-0.15, -0.1) is 0 Å². The van der Waals surface area contributed by atoms with Gasteiger partial charge in [0, 0.05) is 38.3 Å². The fourth-order valence-electron chi connectivity index (χ4n) is 9.31. The highest BCUT2D eigenvalue weighted by atomic mass is 15.0. The SMILES string of the molecule is Cc1ccc2c(c1)-c1cc(-c3ccc4c(c3)c3cc(-c5ccc6c(c5)c5ccccc5n6-c5ccccc5)ccc3n4-c3ccccc3)ccc1C2(C)C. The second-order valence-corrected chi connectivity index (χ2v) is 15.5. The third-order valence-corrected chi connectivity index (χ3v) is 12.0. The molecule has 0 bridgehead atoms. The van der Waals surface area contributed by atoms with Gasteiger partial charge < -0.3 is 9.13 Å². The van der Waals surface area contributed by atoms with Crippen LogP contribution < -0.4 is 0 Å². The zero-order valence-corrected chi connectivity index (χ0v) is 30.6. The first-order valence-corrected chi connectivity index (χ1v) is 18.9. The van der Waals surface area contributed by atoms with Crippen LogP contribution in [0, 0.1) is 6.92 Å². The van der Waals surface area contributed by atoms with Gasteiger partial charge in [0.1, 0.15) is 0 Å². The van der Waals surface area contributed by atoms with E-state index in [0.29, 0.717) is 0 Å². The molecule has 0 spiro atoms. The Kier molecular flexibility index (Phi) is 6.55. The van der Waals surface area contributed by atoms with Crippen LogP contribution in [0.15, 0.2) is 176 Å². The van der Waals surface area contributed by atoms with Crippen molar-refractivity contribution in [2.45, 2.75) is 26.2 Å². The molecule has 0 unspecified atom stereocenters. The van der Waals surface area contributed by atoms with Crippen LogP contribution in [0.5, 0.6) is 0 Å². The molecule has 2 nitrogen and oxygen atoms in total. The maximum atomic E-state index is 2.42. The zero-order chi connectivity index (χ0) is 36.1. The van der Waals surface area contributed by atoms with E-state index in [-0.39, 0.29) is 5.41 Å². The van der Waals surface area contributed by atoms with Crippen LogP contribution in [-0.2, 0) is 5.41 Å². The average molecular weight is 691 g/mol. The largest absolute Gasteiger partial charge is 0.309 e. The van der Waals surface area contributed by atoms with Gasteiger partial charge >= 0.3 is 0 Å². The minimum absolute atomic E-state index is 0.0141. The van der Waals surface area contributed by atoms with Crippen molar-refractivity contribution in [3.8, 4) is 44.8 Å². The molecule has 2 aromatic heterocycles. The smallest absolute Gasteiger partial charge is 0.0541 e. The van der Waals surface area contributed by atoms with Crippen molar-refractivity contribution in [1.82, 2.24) is 9.13 Å². The lowest BCUT2D eigenvalue weighted by Crippen LogP contribution is -2.14. The number of nitrogens with zero attached hydrogens (tertiary/aromatic N) is 2. The monoisotopic (exact) mass is 690 g/mol. The summed E-state index contributed by atoms with van der Waals surface area (Å²) < 4.78 is 4.80. The first-order chi connectivity index (χ1) is 26.4. The number of fused-ring (bicyclic) bond motifs is 9. The molecule has 10 aromatic rings. The molecule has 0 atom stereocenters. The molecule has 0 radical (unpaired) electrons. The highest BCUT2D eigenvalue weighted by Gasteiger charge is 2.35. The Hall–Kier alpha value is -6.64. The molecular formula is C52H38N2. The van der Waals surface area contributed by atoms with Crippen LogP contribution in [0.4, 0.5) is 0 Å². The lowest BCUT2D eigenvalue weighted by Gasteiger charge is -2.21. The predicted octanol–water partition coefficient (Wildman–Crippen LogP) is 13.8. The average Bonchev–Trinajstić information content (AvgIpc) is 3.80. The fourth-order valence-corrected chi connectivity index (χ4v) is 9.31. The van der Waals surface area contributed by atoms with Crippen molar-refractivity contribution in [3.05, 3.63) is 193 Å². The Morgan fingerprint density at radius 3 is 1.31 bits per heavy atom. The van der Waals surface area contributed by atoms with Gasteiger partial charge in [-0.25, -0.2) is 0 Å². The third-order valence-electron chi connectivity index (χ3n) is 12.0. The molecular weight excluding hydrogens is 653 g/mol. The number of rotatable bonds is 4. The number of hydrogen-bond acceptors (Lipinski definition) is 0. The maximum absolute atomic E-state index is 2.42. The van der Waals surface area contributed by atoms with E-state index < -0.39 is 0 Å². The Morgan fingerprint density at radius 2 is 0.759 bits per heavy atom. The number of aryl methyl sites for hydroxylation is 1. The van der Waals surface area contributed by atoms with Gasteiger partial charge in [0.2, 0.25) is 0 Å². The predicted molar refractivity (Wildman–Crippen MR) is 228 cm³/mol. The molecule has 8 aromatic carbocycles. The molecule has 1 aliphatic rings. The highest BCUT2D eigenvalue weighted by Crippen LogP contribution is 2.50. The lowest BCUT2D eigenvalue weighted by molar-refractivity contribution is 0.660. The molecule has 256 valence electrons. The summed E-state index contributed by atoms with van der Waals surface area (Å²) in [5, 5.41) is 5.04. The van der Waals surface area contributed by atoms with Gasteiger partial charge in [-0.1, -0.05) is 123 Å². The number of benzene rings is 8. The minimum Gasteiger partial charge on any atom is -0.309 e. The summed E-state index contributed by atoms with van der Waals surface area (Å²) in [7, 11) is 0. The summed E-state index contributed by atoms with van der Waals surface area (Å²) in [6.45, 7) is 6.91. The first kappa shape index (κ1) is 30.9. The Bertz CT molecular complexity index is 3120.